The first-order valence-electron chi connectivity index (χ1n) is 6.47. The molecule has 1 aromatic carbocycles. The Hall–Kier alpha value is -1.00. The summed E-state index contributed by atoms with van der Waals surface area (Å²) in [5.41, 5.74) is 1.70. The van der Waals surface area contributed by atoms with Gasteiger partial charge in [0.25, 0.3) is 0 Å². The van der Waals surface area contributed by atoms with E-state index in [2.05, 4.69) is 43.4 Å². The molecule has 0 amide bonds. The van der Waals surface area contributed by atoms with Crippen LogP contribution < -0.4 is 5.32 Å². The van der Waals surface area contributed by atoms with E-state index in [1.165, 1.54) is 11.1 Å². The lowest BCUT2D eigenvalue weighted by Gasteiger charge is -2.27. The van der Waals surface area contributed by atoms with Crippen LogP contribution in [0.15, 0.2) is 24.3 Å². The molecule has 1 rings (SSSR count). The van der Waals surface area contributed by atoms with Crippen LogP contribution in [0.3, 0.4) is 0 Å². The SMILES string of the molecule is CNC(C)(CC(C)SCc1cccc(C)c1)C(=O)O. The van der Waals surface area contributed by atoms with E-state index in [0.717, 1.165) is 5.75 Å². The van der Waals surface area contributed by atoms with Gasteiger partial charge in [0, 0.05) is 11.0 Å². The van der Waals surface area contributed by atoms with Crippen LogP contribution in [-0.4, -0.2) is 28.9 Å². The number of aryl methyl sites for hydroxylation is 1. The van der Waals surface area contributed by atoms with Crippen LogP contribution in [0.25, 0.3) is 0 Å². The van der Waals surface area contributed by atoms with Crippen molar-refractivity contribution in [3.63, 3.8) is 0 Å². The minimum absolute atomic E-state index is 0.286. The monoisotopic (exact) mass is 281 g/mol. The van der Waals surface area contributed by atoms with Crippen molar-refractivity contribution < 1.29 is 9.90 Å². The maximum absolute atomic E-state index is 11.2. The zero-order valence-corrected chi connectivity index (χ0v) is 12.9. The number of carboxylic acids is 1. The van der Waals surface area contributed by atoms with Crippen molar-refractivity contribution in [3.8, 4) is 0 Å². The molecule has 0 aromatic heterocycles. The Morgan fingerprint density at radius 3 is 2.74 bits per heavy atom. The fourth-order valence-electron chi connectivity index (χ4n) is 1.97. The average molecular weight is 281 g/mol. The highest BCUT2D eigenvalue weighted by Crippen LogP contribution is 2.25. The molecule has 1 aromatic rings. The third-order valence-corrected chi connectivity index (χ3v) is 4.57. The van der Waals surface area contributed by atoms with Crippen LogP contribution in [-0.2, 0) is 10.5 Å². The number of hydrogen-bond donors (Lipinski definition) is 2. The second-order valence-corrected chi connectivity index (χ2v) is 6.63. The normalized spacial score (nSPS) is 15.8. The zero-order valence-electron chi connectivity index (χ0n) is 12.1. The van der Waals surface area contributed by atoms with E-state index in [-0.39, 0.29) is 5.25 Å². The number of thioether (sulfide) groups is 1. The van der Waals surface area contributed by atoms with Gasteiger partial charge < -0.3 is 10.4 Å². The third kappa shape index (κ3) is 4.88. The van der Waals surface area contributed by atoms with Gasteiger partial charge in [0.05, 0.1) is 0 Å². The first kappa shape index (κ1) is 16.1. The Balaban J connectivity index is 2.52. The predicted octanol–water partition coefficient (Wildman–Crippen LogP) is 3.07. The van der Waals surface area contributed by atoms with Gasteiger partial charge in [0.15, 0.2) is 0 Å². The molecular weight excluding hydrogens is 258 g/mol. The molecule has 0 heterocycles. The Bertz CT molecular complexity index is 436. The van der Waals surface area contributed by atoms with Crippen LogP contribution in [0, 0.1) is 6.92 Å². The lowest BCUT2D eigenvalue weighted by atomic mass is 9.96. The third-order valence-electron chi connectivity index (χ3n) is 3.34. The Labute approximate surface area is 119 Å². The fraction of sp³-hybridized carbons (Fsp3) is 0.533. The molecule has 2 N–H and O–H groups in total. The van der Waals surface area contributed by atoms with Crippen LogP contribution in [0.1, 0.15) is 31.4 Å². The molecule has 0 aliphatic heterocycles. The molecular formula is C15H23NO2S. The highest BCUT2D eigenvalue weighted by molar-refractivity contribution is 7.99. The Morgan fingerprint density at radius 1 is 1.53 bits per heavy atom. The maximum Gasteiger partial charge on any atom is 0.323 e. The van der Waals surface area contributed by atoms with Crippen molar-refractivity contribution >= 4 is 17.7 Å². The minimum atomic E-state index is -0.848. The number of aliphatic carboxylic acids is 1. The number of carboxylic acid groups (broad SMARTS) is 1. The maximum atomic E-state index is 11.2. The summed E-state index contributed by atoms with van der Waals surface area (Å²) in [5, 5.41) is 12.4. The highest BCUT2D eigenvalue weighted by atomic mass is 32.2. The molecule has 0 spiro atoms. The number of nitrogens with one attached hydrogen (secondary N) is 1. The van der Waals surface area contributed by atoms with E-state index in [1.54, 1.807) is 25.7 Å². The molecule has 106 valence electrons. The van der Waals surface area contributed by atoms with Gasteiger partial charge in [-0.2, -0.15) is 11.8 Å². The van der Waals surface area contributed by atoms with E-state index in [4.69, 9.17) is 0 Å². The summed E-state index contributed by atoms with van der Waals surface area (Å²) in [6.07, 6.45) is 0.606. The van der Waals surface area contributed by atoms with Crippen molar-refractivity contribution in [1.82, 2.24) is 5.32 Å². The number of benzene rings is 1. The summed E-state index contributed by atoms with van der Waals surface area (Å²) in [5.74, 6) is 0.125. The summed E-state index contributed by atoms with van der Waals surface area (Å²) < 4.78 is 0. The number of rotatable bonds is 7. The van der Waals surface area contributed by atoms with Crippen molar-refractivity contribution in [2.75, 3.05) is 7.05 Å². The van der Waals surface area contributed by atoms with Crippen molar-refractivity contribution in [3.05, 3.63) is 35.4 Å². The first-order valence-corrected chi connectivity index (χ1v) is 7.51. The highest BCUT2D eigenvalue weighted by Gasteiger charge is 2.32. The van der Waals surface area contributed by atoms with Gasteiger partial charge in [-0.1, -0.05) is 36.8 Å². The molecule has 4 heteroatoms. The van der Waals surface area contributed by atoms with Gasteiger partial charge in [0.2, 0.25) is 0 Å². The lowest BCUT2D eigenvalue weighted by Crippen LogP contribution is -2.49. The second kappa shape index (κ2) is 6.96. The lowest BCUT2D eigenvalue weighted by molar-refractivity contribution is -0.144. The van der Waals surface area contributed by atoms with Gasteiger partial charge >= 0.3 is 5.97 Å². The number of carbonyl (C=O) groups is 1. The summed E-state index contributed by atoms with van der Waals surface area (Å²) in [6, 6.07) is 8.43. The van der Waals surface area contributed by atoms with Gasteiger partial charge in [0.1, 0.15) is 5.54 Å². The second-order valence-electron chi connectivity index (χ2n) is 5.20. The van der Waals surface area contributed by atoms with Crippen molar-refractivity contribution in [2.45, 2.75) is 43.7 Å². The van der Waals surface area contributed by atoms with Crippen LogP contribution in [0.5, 0.6) is 0 Å². The fourth-order valence-corrected chi connectivity index (χ4v) is 3.08. The molecule has 0 saturated heterocycles. The topological polar surface area (TPSA) is 49.3 Å². The number of likely N-dealkylation sites (N-methyl/N-ethyl adjacent to an activating group) is 1. The van der Waals surface area contributed by atoms with Crippen molar-refractivity contribution in [1.29, 1.82) is 0 Å². The molecule has 19 heavy (non-hydrogen) atoms. The van der Waals surface area contributed by atoms with E-state index in [0.29, 0.717) is 6.42 Å². The average Bonchev–Trinajstić information content (AvgIpc) is 2.36. The quantitative estimate of drug-likeness (QED) is 0.806. The van der Waals surface area contributed by atoms with E-state index in [9.17, 15) is 9.90 Å². The van der Waals surface area contributed by atoms with E-state index >= 15 is 0 Å². The molecule has 3 nitrogen and oxygen atoms in total. The van der Waals surface area contributed by atoms with Gasteiger partial charge in [-0.05, 0) is 32.9 Å². The number of hydrogen-bond acceptors (Lipinski definition) is 3. The molecule has 0 radical (unpaired) electrons. The summed E-state index contributed by atoms with van der Waals surface area (Å²) >= 11 is 1.79. The van der Waals surface area contributed by atoms with Gasteiger partial charge in [-0.15, -0.1) is 0 Å². The van der Waals surface area contributed by atoms with E-state index < -0.39 is 11.5 Å². The summed E-state index contributed by atoms with van der Waals surface area (Å²) in [4.78, 5) is 11.2. The van der Waals surface area contributed by atoms with Gasteiger partial charge in [-0.3, -0.25) is 4.79 Å². The van der Waals surface area contributed by atoms with Crippen molar-refractivity contribution in [2.24, 2.45) is 0 Å². The molecule has 0 bridgehead atoms. The standard InChI is InChI=1S/C15H23NO2S/c1-11-6-5-7-13(8-11)10-19-12(2)9-15(3,16-4)14(17)18/h5-8,12,16H,9-10H2,1-4H3,(H,17,18). The molecule has 0 saturated carbocycles. The molecule has 0 aliphatic rings. The first-order chi connectivity index (χ1) is 8.87. The van der Waals surface area contributed by atoms with Crippen LogP contribution in [0.4, 0.5) is 0 Å². The van der Waals surface area contributed by atoms with Crippen LogP contribution in [0.2, 0.25) is 0 Å². The minimum Gasteiger partial charge on any atom is -0.480 e. The van der Waals surface area contributed by atoms with E-state index in [1.807, 2.05) is 0 Å². The Kier molecular flexibility index (Phi) is 5.88. The summed E-state index contributed by atoms with van der Waals surface area (Å²) in [7, 11) is 1.70. The molecule has 0 fully saturated rings. The Morgan fingerprint density at radius 2 is 2.21 bits per heavy atom. The molecule has 2 atom stereocenters. The largest absolute Gasteiger partial charge is 0.480 e. The molecule has 2 unspecified atom stereocenters. The smallest absolute Gasteiger partial charge is 0.323 e. The van der Waals surface area contributed by atoms with Gasteiger partial charge in [-0.25, -0.2) is 0 Å². The predicted molar refractivity (Wildman–Crippen MR) is 81.7 cm³/mol. The van der Waals surface area contributed by atoms with Crippen LogP contribution >= 0.6 is 11.8 Å². The summed E-state index contributed by atoms with van der Waals surface area (Å²) in [6.45, 7) is 5.90. The molecule has 0 aliphatic carbocycles. The zero-order chi connectivity index (χ0) is 14.5.